The number of carbonyl (C=O) groups excluding carboxylic acids is 1. The molecule has 1 aliphatic heterocycles. The van der Waals surface area contributed by atoms with Crippen molar-refractivity contribution in [3.8, 4) is 0 Å². The van der Waals surface area contributed by atoms with Crippen molar-refractivity contribution in [3.05, 3.63) is 60.2 Å². The van der Waals surface area contributed by atoms with Crippen molar-refractivity contribution >= 4 is 30.2 Å². The fourth-order valence-electron chi connectivity index (χ4n) is 1.82. The van der Waals surface area contributed by atoms with Gasteiger partial charge in [0.1, 0.15) is 0 Å². The predicted octanol–water partition coefficient (Wildman–Crippen LogP) is 4.73. The number of thiol groups is 1. The molecular weight excluding hydrogens is 272 g/mol. The quantitative estimate of drug-likeness (QED) is 0.706. The van der Waals surface area contributed by atoms with Gasteiger partial charge in [-0.3, -0.25) is 4.79 Å². The molecule has 3 rings (SSSR count). The van der Waals surface area contributed by atoms with Crippen molar-refractivity contribution in [2.24, 2.45) is 0 Å². The van der Waals surface area contributed by atoms with E-state index in [1.54, 1.807) is 11.8 Å². The Balaban J connectivity index is 0.000000163. The van der Waals surface area contributed by atoms with E-state index in [9.17, 15) is 4.79 Å². The molecule has 0 radical (unpaired) electrons. The van der Waals surface area contributed by atoms with E-state index in [0.717, 1.165) is 15.4 Å². The minimum atomic E-state index is -0.260. The fourth-order valence-corrected chi connectivity index (χ4v) is 3.16. The van der Waals surface area contributed by atoms with Gasteiger partial charge in [-0.05, 0) is 32.0 Å². The number of hydrogen-bond donors (Lipinski definition) is 1. The maximum Gasteiger partial charge on any atom is 0.179 e. The van der Waals surface area contributed by atoms with E-state index in [0.29, 0.717) is 0 Å². The van der Waals surface area contributed by atoms with Crippen LogP contribution in [0.3, 0.4) is 0 Å². The molecule has 0 unspecified atom stereocenters. The Hall–Kier alpha value is -1.19. The molecule has 0 aromatic heterocycles. The molecule has 0 bridgehead atoms. The highest BCUT2D eigenvalue weighted by molar-refractivity contribution is 8.02. The third kappa shape index (κ3) is 3.43. The van der Waals surface area contributed by atoms with E-state index >= 15 is 0 Å². The SMILES string of the molecule is CC1(C)Sc2ccccc2C1=O.Sc1ccccc1. The minimum Gasteiger partial charge on any atom is -0.293 e. The van der Waals surface area contributed by atoms with Gasteiger partial charge in [0.2, 0.25) is 0 Å². The molecule has 0 atom stereocenters. The van der Waals surface area contributed by atoms with Gasteiger partial charge in [0.15, 0.2) is 5.78 Å². The Bertz CT molecular complexity index is 576. The zero-order valence-electron chi connectivity index (χ0n) is 11.0. The summed E-state index contributed by atoms with van der Waals surface area (Å²) in [5, 5.41) is 0. The zero-order valence-corrected chi connectivity index (χ0v) is 12.7. The summed E-state index contributed by atoms with van der Waals surface area (Å²) >= 11 is 5.74. The van der Waals surface area contributed by atoms with Gasteiger partial charge in [0.05, 0.1) is 4.75 Å². The summed E-state index contributed by atoms with van der Waals surface area (Å²) in [6.07, 6.45) is 0. The second-order valence-electron chi connectivity index (χ2n) is 4.77. The number of benzene rings is 2. The van der Waals surface area contributed by atoms with Crippen molar-refractivity contribution in [2.75, 3.05) is 0 Å². The molecule has 1 heterocycles. The highest BCUT2D eigenvalue weighted by Crippen LogP contribution is 2.44. The number of hydrogen-bond acceptors (Lipinski definition) is 3. The Morgan fingerprint density at radius 1 is 0.947 bits per heavy atom. The third-order valence-electron chi connectivity index (χ3n) is 2.80. The Labute approximate surface area is 123 Å². The van der Waals surface area contributed by atoms with Crippen molar-refractivity contribution in [2.45, 2.75) is 28.4 Å². The van der Waals surface area contributed by atoms with E-state index in [2.05, 4.69) is 12.6 Å². The van der Waals surface area contributed by atoms with Crippen LogP contribution in [0.4, 0.5) is 0 Å². The molecule has 3 heteroatoms. The van der Waals surface area contributed by atoms with Crippen LogP contribution in [0.5, 0.6) is 0 Å². The molecule has 0 fully saturated rings. The zero-order chi connectivity index (χ0) is 13.9. The summed E-state index contributed by atoms with van der Waals surface area (Å²) in [7, 11) is 0. The van der Waals surface area contributed by atoms with Crippen LogP contribution in [0.1, 0.15) is 24.2 Å². The van der Waals surface area contributed by atoms with Gasteiger partial charge in [0, 0.05) is 15.4 Å². The van der Waals surface area contributed by atoms with Crippen molar-refractivity contribution < 1.29 is 4.79 Å². The van der Waals surface area contributed by atoms with E-state index in [1.807, 2.05) is 68.4 Å². The van der Waals surface area contributed by atoms with E-state index in [-0.39, 0.29) is 10.5 Å². The van der Waals surface area contributed by atoms with Crippen LogP contribution in [0.2, 0.25) is 0 Å². The average molecular weight is 288 g/mol. The van der Waals surface area contributed by atoms with Crippen LogP contribution in [0, 0.1) is 0 Å². The molecule has 1 nitrogen and oxygen atoms in total. The average Bonchev–Trinajstić information content (AvgIpc) is 2.62. The normalized spacial score (nSPS) is 15.4. The third-order valence-corrected chi connectivity index (χ3v) is 4.37. The lowest BCUT2D eigenvalue weighted by atomic mass is 10.0. The first-order valence-corrected chi connectivity index (χ1v) is 7.34. The predicted molar refractivity (Wildman–Crippen MR) is 84.4 cm³/mol. The number of carbonyl (C=O) groups is 1. The standard InChI is InChI=1S/C10H10OS.C6H6S/c1-10(2)9(11)7-5-3-4-6-8(7)12-10;7-6-4-2-1-3-5-6/h3-6H,1-2H3;1-5,7H. The smallest absolute Gasteiger partial charge is 0.179 e. The van der Waals surface area contributed by atoms with Crippen LogP contribution in [-0.4, -0.2) is 10.5 Å². The summed E-state index contributed by atoms with van der Waals surface area (Å²) in [4.78, 5) is 13.8. The van der Waals surface area contributed by atoms with Gasteiger partial charge >= 0.3 is 0 Å². The molecule has 2 aromatic rings. The van der Waals surface area contributed by atoms with Gasteiger partial charge in [0.25, 0.3) is 0 Å². The lowest BCUT2D eigenvalue weighted by molar-refractivity contribution is 0.0961. The Morgan fingerprint density at radius 3 is 2.05 bits per heavy atom. The highest BCUT2D eigenvalue weighted by atomic mass is 32.2. The van der Waals surface area contributed by atoms with Crippen LogP contribution in [0.15, 0.2) is 64.4 Å². The largest absolute Gasteiger partial charge is 0.293 e. The fraction of sp³-hybridized carbons (Fsp3) is 0.188. The summed E-state index contributed by atoms with van der Waals surface area (Å²) in [6, 6.07) is 17.6. The van der Waals surface area contributed by atoms with Crippen molar-refractivity contribution in [1.82, 2.24) is 0 Å². The number of thioether (sulfide) groups is 1. The monoisotopic (exact) mass is 288 g/mol. The molecule has 19 heavy (non-hydrogen) atoms. The van der Waals surface area contributed by atoms with Crippen molar-refractivity contribution in [3.63, 3.8) is 0 Å². The van der Waals surface area contributed by atoms with Crippen molar-refractivity contribution in [1.29, 1.82) is 0 Å². The molecule has 0 aliphatic carbocycles. The van der Waals surface area contributed by atoms with Gasteiger partial charge in [-0.25, -0.2) is 0 Å². The highest BCUT2D eigenvalue weighted by Gasteiger charge is 2.37. The maximum absolute atomic E-state index is 11.7. The number of rotatable bonds is 0. The first-order chi connectivity index (χ1) is 9.00. The number of ketones is 1. The molecule has 98 valence electrons. The lowest BCUT2D eigenvalue weighted by Gasteiger charge is -2.11. The minimum absolute atomic E-state index is 0.253. The van der Waals surface area contributed by atoms with Gasteiger partial charge in [-0.15, -0.1) is 24.4 Å². The second-order valence-corrected chi connectivity index (χ2v) is 6.95. The molecule has 2 aromatic carbocycles. The maximum atomic E-state index is 11.7. The molecule has 0 amide bonds. The summed E-state index contributed by atoms with van der Waals surface area (Å²) in [5.74, 6) is 0.253. The Morgan fingerprint density at radius 2 is 1.53 bits per heavy atom. The molecule has 1 aliphatic rings. The molecule has 0 N–H and O–H groups in total. The Kier molecular flexibility index (Phi) is 4.38. The number of Topliss-reactive ketones (excluding diaryl/α,β-unsaturated/α-hetero) is 1. The second kappa shape index (κ2) is 5.85. The van der Waals surface area contributed by atoms with E-state index in [4.69, 9.17) is 0 Å². The summed E-state index contributed by atoms with van der Waals surface area (Å²) in [5.41, 5.74) is 0.882. The molecule has 0 saturated heterocycles. The number of fused-ring (bicyclic) bond motifs is 1. The van der Waals surface area contributed by atoms with Gasteiger partial charge < -0.3 is 0 Å². The topological polar surface area (TPSA) is 17.1 Å². The lowest BCUT2D eigenvalue weighted by Crippen LogP contribution is -2.21. The van der Waals surface area contributed by atoms with Crippen LogP contribution < -0.4 is 0 Å². The molecule has 0 saturated carbocycles. The van der Waals surface area contributed by atoms with E-state index < -0.39 is 0 Å². The first-order valence-electron chi connectivity index (χ1n) is 6.07. The summed E-state index contributed by atoms with van der Waals surface area (Å²) in [6.45, 7) is 3.94. The molecule has 0 spiro atoms. The van der Waals surface area contributed by atoms with Crippen LogP contribution in [-0.2, 0) is 0 Å². The molecular formula is C16H16OS2. The van der Waals surface area contributed by atoms with Crippen LogP contribution >= 0.6 is 24.4 Å². The van der Waals surface area contributed by atoms with E-state index in [1.165, 1.54) is 0 Å². The summed E-state index contributed by atoms with van der Waals surface area (Å²) < 4.78 is -0.260. The van der Waals surface area contributed by atoms with Gasteiger partial charge in [-0.2, -0.15) is 0 Å². The van der Waals surface area contributed by atoms with Crippen LogP contribution in [0.25, 0.3) is 0 Å². The van der Waals surface area contributed by atoms with Gasteiger partial charge in [-0.1, -0.05) is 36.4 Å². The first kappa shape index (κ1) is 14.2.